The molecule has 0 unspecified atom stereocenters. The second kappa shape index (κ2) is 9.65. The lowest BCUT2D eigenvalue weighted by atomic mass is 10.2. The number of carbonyl (C=O) groups is 2. The fraction of sp³-hybridized carbons (Fsp3) is 0.263. The lowest BCUT2D eigenvalue weighted by molar-refractivity contribution is -0.123. The molecule has 0 saturated carbocycles. The number of likely N-dealkylation sites (N-methyl/N-ethyl adjacent to an activating group) is 1. The average Bonchev–Trinajstić information content (AvgIpc) is 3.38. The van der Waals surface area contributed by atoms with Gasteiger partial charge in [0.25, 0.3) is 5.91 Å². The zero-order valence-corrected chi connectivity index (χ0v) is 16.1. The van der Waals surface area contributed by atoms with Gasteiger partial charge in [0.15, 0.2) is 6.61 Å². The highest BCUT2D eigenvalue weighted by molar-refractivity contribution is 7.13. The Morgan fingerprint density at radius 2 is 2.00 bits per heavy atom. The topological polar surface area (TPSA) is 106 Å². The number of aromatic nitrogens is 2. The van der Waals surface area contributed by atoms with Crippen LogP contribution in [-0.2, 0) is 16.0 Å². The van der Waals surface area contributed by atoms with Gasteiger partial charge in [0, 0.05) is 25.1 Å². The van der Waals surface area contributed by atoms with Crippen molar-refractivity contribution < 1.29 is 18.8 Å². The molecule has 2 N–H and O–H groups in total. The molecule has 9 heteroatoms. The number of benzene rings is 1. The number of thiophene rings is 1. The van der Waals surface area contributed by atoms with Crippen LogP contribution in [0.1, 0.15) is 19.2 Å². The number of nitrogens with zero attached hydrogens (tertiary/aromatic N) is 2. The van der Waals surface area contributed by atoms with Gasteiger partial charge in [-0.05, 0) is 42.6 Å². The van der Waals surface area contributed by atoms with Crippen molar-refractivity contribution in [1.82, 2.24) is 15.5 Å². The molecule has 146 valence electrons. The average molecular weight is 400 g/mol. The molecule has 2 amide bonds. The normalized spacial score (nSPS) is 10.5. The zero-order chi connectivity index (χ0) is 19.8. The van der Waals surface area contributed by atoms with Crippen molar-refractivity contribution >= 4 is 28.8 Å². The van der Waals surface area contributed by atoms with Crippen molar-refractivity contribution in [2.75, 3.05) is 18.5 Å². The molecule has 2 heterocycles. The highest BCUT2D eigenvalue weighted by Crippen LogP contribution is 2.21. The number of anilines is 1. The van der Waals surface area contributed by atoms with Gasteiger partial charge in [0.05, 0.1) is 4.88 Å². The molecule has 0 spiro atoms. The Balaban J connectivity index is 1.44. The number of nitrogens with one attached hydrogen (secondary N) is 2. The van der Waals surface area contributed by atoms with E-state index in [0.29, 0.717) is 36.1 Å². The van der Waals surface area contributed by atoms with Crippen LogP contribution < -0.4 is 15.4 Å². The largest absolute Gasteiger partial charge is 0.484 e. The zero-order valence-electron chi connectivity index (χ0n) is 15.3. The van der Waals surface area contributed by atoms with Crippen LogP contribution in [0.15, 0.2) is 46.3 Å². The number of amides is 2. The summed E-state index contributed by atoms with van der Waals surface area (Å²) in [4.78, 5) is 28.7. The molecular formula is C19H20N4O4S. The molecule has 2 aromatic heterocycles. The van der Waals surface area contributed by atoms with Crippen molar-refractivity contribution in [2.45, 2.75) is 19.8 Å². The fourth-order valence-corrected chi connectivity index (χ4v) is 2.99. The van der Waals surface area contributed by atoms with Crippen LogP contribution in [-0.4, -0.2) is 35.1 Å². The number of rotatable bonds is 9. The maximum absolute atomic E-state index is 12.1. The predicted octanol–water partition coefficient (Wildman–Crippen LogP) is 2.88. The summed E-state index contributed by atoms with van der Waals surface area (Å²) in [5.74, 6) is 1.17. The molecule has 0 aliphatic heterocycles. The van der Waals surface area contributed by atoms with E-state index < -0.39 is 0 Å². The molecule has 0 saturated heterocycles. The lowest BCUT2D eigenvalue weighted by Gasteiger charge is -2.08. The molecule has 3 aromatic rings. The third-order valence-corrected chi connectivity index (χ3v) is 4.52. The summed E-state index contributed by atoms with van der Waals surface area (Å²) in [6, 6.07) is 10.6. The quantitative estimate of drug-likeness (QED) is 0.572. The van der Waals surface area contributed by atoms with Gasteiger partial charge in [-0.25, -0.2) is 0 Å². The van der Waals surface area contributed by atoms with Gasteiger partial charge in [-0.15, -0.1) is 11.3 Å². The van der Waals surface area contributed by atoms with Gasteiger partial charge in [-0.3, -0.25) is 9.59 Å². The van der Waals surface area contributed by atoms with Crippen LogP contribution >= 0.6 is 11.3 Å². The Labute approximate surface area is 165 Å². The van der Waals surface area contributed by atoms with E-state index >= 15 is 0 Å². The number of ether oxygens (including phenoxy) is 1. The summed E-state index contributed by atoms with van der Waals surface area (Å²) in [6.45, 7) is 2.36. The molecule has 1 aromatic carbocycles. The van der Waals surface area contributed by atoms with Crippen molar-refractivity contribution in [3.8, 4) is 16.5 Å². The molecular weight excluding hydrogens is 380 g/mol. The predicted molar refractivity (Wildman–Crippen MR) is 105 cm³/mol. The summed E-state index contributed by atoms with van der Waals surface area (Å²) < 4.78 is 10.6. The van der Waals surface area contributed by atoms with E-state index in [1.54, 1.807) is 24.3 Å². The van der Waals surface area contributed by atoms with Gasteiger partial charge in [0.1, 0.15) is 5.75 Å². The summed E-state index contributed by atoms with van der Waals surface area (Å²) in [5, 5.41) is 11.3. The monoisotopic (exact) mass is 400 g/mol. The molecule has 0 bridgehead atoms. The first-order valence-corrected chi connectivity index (χ1v) is 9.68. The van der Waals surface area contributed by atoms with Gasteiger partial charge in [-0.2, -0.15) is 4.98 Å². The third-order valence-electron chi connectivity index (χ3n) is 3.66. The lowest BCUT2D eigenvalue weighted by Crippen LogP contribution is -2.28. The summed E-state index contributed by atoms with van der Waals surface area (Å²) in [6.07, 6.45) is 0.583. The Hall–Kier alpha value is -3.20. The Morgan fingerprint density at radius 3 is 2.71 bits per heavy atom. The molecule has 0 aliphatic carbocycles. The molecule has 28 heavy (non-hydrogen) atoms. The number of carbonyl (C=O) groups excluding carboxylic acids is 2. The molecule has 8 nitrogen and oxygen atoms in total. The van der Waals surface area contributed by atoms with Gasteiger partial charge in [-0.1, -0.05) is 11.2 Å². The van der Waals surface area contributed by atoms with Crippen LogP contribution in [0.3, 0.4) is 0 Å². The smallest absolute Gasteiger partial charge is 0.257 e. The SMILES string of the molecule is CCNC(=O)COc1ccc(NC(=O)CCc2nc(-c3cccs3)no2)cc1. The molecule has 0 radical (unpaired) electrons. The minimum absolute atomic E-state index is 0.0445. The number of hydrogen-bond acceptors (Lipinski definition) is 7. The van der Waals surface area contributed by atoms with Crippen LogP contribution in [0.5, 0.6) is 5.75 Å². The van der Waals surface area contributed by atoms with Gasteiger partial charge < -0.3 is 19.9 Å². The van der Waals surface area contributed by atoms with E-state index in [1.807, 2.05) is 24.4 Å². The first-order chi connectivity index (χ1) is 13.6. The van der Waals surface area contributed by atoms with Gasteiger partial charge >= 0.3 is 0 Å². The highest BCUT2D eigenvalue weighted by atomic mass is 32.1. The second-order valence-electron chi connectivity index (χ2n) is 5.80. The molecule has 0 fully saturated rings. The van der Waals surface area contributed by atoms with E-state index in [4.69, 9.17) is 9.26 Å². The van der Waals surface area contributed by atoms with Crippen molar-refractivity contribution in [3.05, 3.63) is 47.7 Å². The summed E-state index contributed by atoms with van der Waals surface area (Å²) in [7, 11) is 0. The van der Waals surface area contributed by atoms with Crippen molar-refractivity contribution in [1.29, 1.82) is 0 Å². The van der Waals surface area contributed by atoms with Gasteiger partial charge in [0.2, 0.25) is 17.6 Å². The minimum Gasteiger partial charge on any atom is -0.484 e. The summed E-state index contributed by atoms with van der Waals surface area (Å²) in [5.41, 5.74) is 0.639. The molecule has 0 aliphatic rings. The van der Waals surface area contributed by atoms with E-state index in [2.05, 4.69) is 20.8 Å². The van der Waals surface area contributed by atoms with Crippen LogP contribution in [0.2, 0.25) is 0 Å². The number of hydrogen-bond donors (Lipinski definition) is 2. The molecule has 0 atom stereocenters. The Bertz CT molecular complexity index is 906. The van der Waals surface area contributed by atoms with E-state index in [-0.39, 0.29) is 24.8 Å². The van der Waals surface area contributed by atoms with Crippen LogP contribution in [0, 0.1) is 0 Å². The van der Waals surface area contributed by atoms with Crippen molar-refractivity contribution in [2.24, 2.45) is 0 Å². The van der Waals surface area contributed by atoms with Crippen LogP contribution in [0.4, 0.5) is 5.69 Å². The Kier molecular flexibility index (Phi) is 6.74. The maximum Gasteiger partial charge on any atom is 0.257 e. The Morgan fingerprint density at radius 1 is 1.18 bits per heavy atom. The molecule has 3 rings (SSSR count). The maximum atomic E-state index is 12.1. The fourth-order valence-electron chi connectivity index (χ4n) is 2.34. The van der Waals surface area contributed by atoms with E-state index in [1.165, 1.54) is 11.3 Å². The van der Waals surface area contributed by atoms with Crippen LogP contribution in [0.25, 0.3) is 10.7 Å². The third kappa shape index (κ3) is 5.65. The number of aryl methyl sites for hydroxylation is 1. The summed E-state index contributed by atoms with van der Waals surface area (Å²) >= 11 is 1.53. The standard InChI is InChI=1S/C19H20N4O4S/c1-2-20-17(25)12-26-14-7-5-13(6-8-14)21-16(24)9-10-18-22-19(23-27-18)15-4-3-11-28-15/h3-8,11H,2,9-10,12H2,1H3,(H,20,25)(H,21,24). The second-order valence-corrected chi connectivity index (χ2v) is 6.75. The van der Waals surface area contributed by atoms with E-state index in [9.17, 15) is 9.59 Å². The van der Waals surface area contributed by atoms with Crippen molar-refractivity contribution in [3.63, 3.8) is 0 Å². The highest BCUT2D eigenvalue weighted by Gasteiger charge is 2.11. The van der Waals surface area contributed by atoms with E-state index in [0.717, 1.165) is 4.88 Å². The first kappa shape index (κ1) is 19.6. The first-order valence-electron chi connectivity index (χ1n) is 8.80. The minimum atomic E-state index is -0.178.